The molecule has 3 aliphatic heterocycles. The first-order valence-electron chi connectivity index (χ1n) is 11.9. The third-order valence-electron chi connectivity index (χ3n) is 7.98. The minimum atomic E-state index is -2.92. The van der Waals surface area contributed by atoms with Crippen LogP contribution in [-0.2, 0) is 17.1 Å². The van der Waals surface area contributed by atoms with Crippen LogP contribution in [0, 0.1) is 17.8 Å². The van der Waals surface area contributed by atoms with Gasteiger partial charge in [0.1, 0.15) is 11.5 Å². The van der Waals surface area contributed by atoms with Crippen LogP contribution in [0.4, 0.5) is 20.5 Å². The van der Waals surface area contributed by atoms with E-state index in [0.29, 0.717) is 55.1 Å². The molecule has 6 nitrogen and oxygen atoms in total. The van der Waals surface area contributed by atoms with Gasteiger partial charge >= 0.3 is 5.97 Å². The lowest BCUT2D eigenvalue weighted by atomic mass is 9.60. The predicted molar refractivity (Wildman–Crippen MR) is 114 cm³/mol. The molecule has 8 heteroatoms. The van der Waals surface area contributed by atoms with E-state index in [1.807, 2.05) is 0 Å². The van der Waals surface area contributed by atoms with Gasteiger partial charge in [-0.3, -0.25) is 4.79 Å². The molecule has 5 aliphatic rings. The van der Waals surface area contributed by atoms with E-state index in [0.717, 1.165) is 38.6 Å². The highest BCUT2D eigenvalue weighted by molar-refractivity contribution is 5.67. The fraction of sp³-hybridized carbons (Fsp3) is 0.783. The number of aliphatic carboxylic acids is 1. The Hall–Kier alpha value is -1.99. The number of aromatic nitrogens is 2. The van der Waals surface area contributed by atoms with Gasteiger partial charge in [0.25, 0.3) is 5.92 Å². The third-order valence-corrected chi connectivity index (χ3v) is 7.98. The van der Waals surface area contributed by atoms with Crippen molar-refractivity contribution in [2.24, 2.45) is 17.8 Å². The number of alkyl halides is 2. The van der Waals surface area contributed by atoms with Gasteiger partial charge in [-0.1, -0.05) is 12.8 Å². The summed E-state index contributed by atoms with van der Waals surface area (Å²) >= 11 is 0. The topological polar surface area (TPSA) is 69.6 Å². The summed E-state index contributed by atoms with van der Waals surface area (Å²) in [5, 5.41) is 9.21. The van der Waals surface area contributed by atoms with Gasteiger partial charge in [-0.2, -0.15) is 13.8 Å². The molecule has 0 amide bonds. The minimum Gasteiger partial charge on any atom is -0.481 e. The molecule has 2 aliphatic carbocycles. The Bertz CT molecular complexity index is 852. The van der Waals surface area contributed by atoms with Gasteiger partial charge in [0, 0.05) is 44.1 Å². The Labute approximate surface area is 182 Å². The second-order valence-electron chi connectivity index (χ2n) is 10.0. The van der Waals surface area contributed by atoms with Crippen molar-refractivity contribution in [2.45, 2.75) is 76.7 Å². The fourth-order valence-electron chi connectivity index (χ4n) is 6.26. The molecule has 31 heavy (non-hydrogen) atoms. The highest BCUT2D eigenvalue weighted by Crippen LogP contribution is 2.50. The van der Waals surface area contributed by atoms with Crippen LogP contribution < -0.4 is 9.80 Å². The second kappa shape index (κ2) is 7.85. The summed E-state index contributed by atoms with van der Waals surface area (Å²) in [6, 6.07) is 0.236. The Kier molecular flexibility index (Phi) is 5.29. The van der Waals surface area contributed by atoms with Crippen molar-refractivity contribution in [2.75, 3.05) is 29.4 Å². The number of nitrogens with zero attached hydrogens (tertiary/aromatic N) is 4. The van der Waals surface area contributed by atoms with Crippen LogP contribution in [0.15, 0.2) is 0 Å². The van der Waals surface area contributed by atoms with Crippen molar-refractivity contribution in [3.63, 3.8) is 0 Å². The zero-order valence-corrected chi connectivity index (χ0v) is 18.2. The molecule has 2 bridgehead atoms. The summed E-state index contributed by atoms with van der Waals surface area (Å²) in [5.74, 6) is -1.71. The Morgan fingerprint density at radius 3 is 2.68 bits per heavy atom. The maximum absolute atomic E-state index is 15.0. The van der Waals surface area contributed by atoms with Crippen LogP contribution in [0.25, 0.3) is 0 Å². The van der Waals surface area contributed by atoms with Crippen LogP contribution in [-0.4, -0.2) is 46.7 Å². The number of halogens is 2. The van der Waals surface area contributed by atoms with E-state index in [2.05, 4.69) is 21.7 Å². The Morgan fingerprint density at radius 2 is 1.94 bits per heavy atom. The average Bonchev–Trinajstić information content (AvgIpc) is 2.95. The molecule has 4 atom stereocenters. The monoisotopic (exact) mass is 434 g/mol. The van der Waals surface area contributed by atoms with Crippen molar-refractivity contribution in [3.8, 4) is 0 Å². The van der Waals surface area contributed by atoms with Crippen molar-refractivity contribution < 1.29 is 18.7 Å². The molecule has 1 unspecified atom stereocenters. The second-order valence-corrected chi connectivity index (χ2v) is 10.0. The molecule has 0 radical (unpaired) electrons. The highest BCUT2D eigenvalue weighted by atomic mass is 19.3. The summed E-state index contributed by atoms with van der Waals surface area (Å²) in [5.41, 5.74) is 0.537. The zero-order valence-electron chi connectivity index (χ0n) is 18.2. The fourth-order valence-corrected chi connectivity index (χ4v) is 6.26. The van der Waals surface area contributed by atoms with Gasteiger partial charge in [-0.15, -0.1) is 0 Å². The number of hydrogen-bond acceptors (Lipinski definition) is 5. The summed E-state index contributed by atoms with van der Waals surface area (Å²) < 4.78 is 29.9. The molecule has 4 heterocycles. The normalized spacial score (nSPS) is 32.1. The maximum atomic E-state index is 15.0. The third kappa shape index (κ3) is 3.76. The lowest BCUT2D eigenvalue weighted by molar-refractivity contribution is -0.141. The Morgan fingerprint density at radius 1 is 1.16 bits per heavy atom. The quantitative estimate of drug-likeness (QED) is 0.765. The van der Waals surface area contributed by atoms with E-state index in [4.69, 9.17) is 4.98 Å². The van der Waals surface area contributed by atoms with E-state index in [9.17, 15) is 18.7 Å². The number of carboxylic acids is 1. The van der Waals surface area contributed by atoms with Crippen LogP contribution in [0.3, 0.4) is 0 Å². The number of rotatable bonds is 4. The van der Waals surface area contributed by atoms with Crippen molar-refractivity contribution >= 4 is 17.7 Å². The van der Waals surface area contributed by atoms with Gasteiger partial charge < -0.3 is 14.9 Å². The number of anilines is 2. The molecule has 1 aromatic heterocycles. The molecule has 4 fully saturated rings. The van der Waals surface area contributed by atoms with Gasteiger partial charge in [-0.25, -0.2) is 4.98 Å². The Balaban J connectivity index is 1.50. The molecule has 3 saturated heterocycles. The van der Waals surface area contributed by atoms with Crippen molar-refractivity contribution in [1.82, 2.24) is 9.97 Å². The molecular formula is C23H32F2N4O2. The van der Waals surface area contributed by atoms with Gasteiger partial charge in [0.2, 0.25) is 5.95 Å². The molecule has 0 aromatic carbocycles. The van der Waals surface area contributed by atoms with Gasteiger partial charge in [-0.05, 0) is 56.8 Å². The number of piperidine rings is 2. The minimum absolute atomic E-state index is 0.0727. The number of hydrogen-bond donors (Lipinski definition) is 1. The van der Waals surface area contributed by atoms with Gasteiger partial charge in [0.15, 0.2) is 0 Å². The zero-order chi connectivity index (χ0) is 21.8. The maximum Gasteiger partial charge on any atom is 0.303 e. The summed E-state index contributed by atoms with van der Waals surface area (Å²) in [6.07, 6.45) is 6.46. The van der Waals surface area contributed by atoms with E-state index in [-0.39, 0.29) is 30.5 Å². The molecule has 1 aromatic rings. The van der Waals surface area contributed by atoms with Gasteiger partial charge in [0.05, 0.1) is 0 Å². The highest BCUT2D eigenvalue weighted by Gasteiger charge is 2.49. The van der Waals surface area contributed by atoms with Crippen LogP contribution in [0.5, 0.6) is 0 Å². The van der Waals surface area contributed by atoms with Crippen LogP contribution >= 0.6 is 0 Å². The SMILES string of the molecule is C[C@H]1CCCCCN1c1nc(N2C[C@H]3C[C@@H](C2)C3CC(=O)O)c2c(n1)C(F)(F)CCC2. The number of carboxylic acid groups (broad SMARTS) is 1. The lowest BCUT2D eigenvalue weighted by Crippen LogP contribution is -2.56. The molecule has 170 valence electrons. The largest absolute Gasteiger partial charge is 0.481 e. The average molecular weight is 435 g/mol. The van der Waals surface area contributed by atoms with E-state index >= 15 is 0 Å². The number of carbonyl (C=O) groups is 1. The van der Waals surface area contributed by atoms with E-state index < -0.39 is 11.9 Å². The molecule has 0 spiro atoms. The standard InChI is InChI=1S/C23H32F2N4O2/c1-14-6-3-2-4-9-29(14)22-26-20-17(7-5-8-23(20,24)25)21(27-22)28-12-15-10-16(13-28)18(15)11-19(30)31/h14-16,18H,2-13H2,1H3,(H,30,31)/t14-,15-,16+,18?/m0/s1. The van der Waals surface area contributed by atoms with E-state index in [1.165, 1.54) is 0 Å². The molecule has 6 rings (SSSR count). The predicted octanol–water partition coefficient (Wildman–Crippen LogP) is 4.22. The summed E-state index contributed by atoms with van der Waals surface area (Å²) in [4.78, 5) is 24.9. The molecule has 1 saturated carbocycles. The molecular weight excluding hydrogens is 402 g/mol. The van der Waals surface area contributed by atoms with E-state index in [1.54, 1.807) is 0 Å². The van der Waals surface area contributed by atoms with Crippen molar-refractivity contribution in [3.05, 3.63) is 11.3 Å². The molecule has 1 N–H and O–H groups in total. The first-order chi connectivity index (χ1) is 14.8. The summed E-state index contributed by atoms with van der Waals surface area (Å²) in [7, 11) is 0. The first kappa shape index (κ1) is 20.9. The first-order valence-corrected chi connectivity index (χ1v) is 11.9. The summed E-state index contributed by atoms with van der Waals surface area (Å²) in [6.45, 7) is 4.35. The van der Waals surface area contributed by atoms with Crippen LogP contribution in [0.2, 0.25) is 0 Å². The lowest BCUT2D eigenvalue weighted by Gasteiger charge is -2.54. The van der Waals surface area contributed by atoms with Crippen LogP contribution in [0.1, 0.15) is 69.5 Å². The van der Waals surface area contributed by atoms with Crippen molar-refractivity contribution in [1.29, 1.82) is 0 Å². The number of fused-ring (bicyclic) bond motifs is 3. The smallest absolute Gasteiger partial charge is 0.303 e.